The molecule has 1 amide bonds. The van der Waals surface area contributed by atoms with Crippen molar-refractivity contribution in [3.8, 4) is 0 Å². The van der Waals surface area contributed by atoms with Crippen LogP contribution in [0.5, 0.6) is 0 Å². The second-order valence-corrected chi connectivity index (χ2v) is 9.69. The average molecular weight is 426 g/mol. The molecule has 0 saturated heterocycles. The van der Waals surface area contributed by atoms with Crippen LogP contribution in [-0.2, 0) is 15.6 Å². The van der Waals surface area contributed by atoms with Gasteiger partial charge in [0.25, 0.3) is 0 Å². The Morgan fingerprint density at radius 1 is 0.966 bits per heavy atom. The Balaban J connectivity index is 1.69. The quantitative estimate of drug-likeness (QED) is 0.555. The Bertz CT molecular complexity index is 1190. The molecule has 1 N–H and O–H groups in total. The van der Waals surface area contributed by atoms with Crippen molar-refractivity contribution < 1.29 is 4.79 Å². The van der Waals surface area contributed by atoms with Gasteiger partial charge < -0.3 is 5.32 Å². The van der Waals surface area contributed by atoms with E-state index in [9.17, 15) is 4.79 Å². The lowest BCUT2D eigenvalue weighted by Crippen LogP contribution is -2.48. The zero-order valence-corrected chi connectivity index (χ0v) is 18.0. The molecule has 4 nitrogen and oxygen atoms in total. The largest absolute Gasteiger partial charge is 0.324 e. The summed E-state index contributed by atoms with van der Waals surface area (Å²) in [4.78, 5) is 23.8. The number of carbonyl (C=O) groups is 1. The van der Waals surface area contributed by atoms with E-state index in [2.05, 4.69) is 26.1 Å². The van der Waals surface area contributed by atoms with Gasteiger partial charge in [-0.1, -0.05) is 56.1 Å². The first kappa shape index (κ1) is 18.8. The van der Waals surface area contributed by atoms with Crippen LogP contribution in [0, 0.1) is 5.41 Å². The Kier molecular flexibility index (Phi) is 3.85. The molecule has 1 aromatic heterocycles. The summed E-state index contributed by atoms with van der Waals surface area (Å²) in [5.74, 6) is -0.0845. The Morgan fingerprint density at radius 3 is 2.28 bits per heavy atom. The zero-order chi connectivity index (χ0) is 20.6. The normalized spacial score (nSPS) is 26.5. The van der Waals surface area contributed by atoms with Crippen LogP contribution in [0.25, 0.3) is 11.0 Å². The lowest BCUT2D eigenvalue weighted by molar-refractivity contribution is -0.125. The van der Waals surface area contributed by atoms with Crippen LogP contribution in [0.15, 0.2) is 42.5 Å². The minimum atomic E-state index is -0.767. The SMILES string of the molecule is CC12CCC(C(=O)Nc3ccc(Cl)cc3Cl)(c3nc4ccccc4nc31)C2(C)C. The van der Waals surface area contributed by atoms with Gasteiger partial charge in [-0.25, -0.2) is 9.97 Å². The van der Waals surface area contributed by atoms with Crippen LogP contribution in [0.4, 0.5) is 5.69 Å². The van der Waals surface area contributed by atoms with Crippen molar-refractivity contribution in [2.75, 3.05) is 5.32 Å². The first-order valence-corrected chi connectivity index (χ1v) is 10.5. The third kappa shape index (κ3) is 2.25. The van der Waals surface area contributed by atoms with Gasteiger partial charge in [0.1, 0.15) is 0 Å². The van der Waals surface area contributed by atoms with Gasteiger partial charge in [-0.3, -0.25) is 4.79 Å². The van der Waals surface area contributed by atoms with Crippen molar-refractivity contribution in [1.29, 1.82) is 0 Å². The molecule has 2 aliphatic carbocycles. The maximum absolute atomic E-state index is 13.8. The maximum Gasteiger partial charge on any atom is 0.237 e. The van der Waals surface area contributed by atoms with E-state index in [1.165, 1.54) is 0 Å². The molecule has 29 heavy (non-hydrogen) atoms. The molecule has 2 bridgehead atoms. The topological polar surface area (TPSA) is 54.9 Å². The first-order chi connectivity index (χ1) is 13.7. The van der Waals surface area contributed by atoms with Crippen LogP contribution >= 0.6 is 23.2 Å². The molecule has 1 saturated carbocycles. The summed E-state index contributed by atoms with van der Waals surface area (Å²) in [6.07, 6.45) is 1.62. The fraction of sp³-hybridized carbons (Fsp3) is 0.348. The van der Waals surface area contributed by atoms with Gasteiger partial charge in [-0.05, 0) is 48.6 Å². The second kappa shape index (κ2) is 5.93. The Morgan fingerprint density at radius 2 is 1.62 bits per heavy atom. The Hall–Kier alpha value is -2.17. The smallest absolute Gasteiger partial charge is 0.237 e. The highest BCUT2D eigenvalue weighted by molar-refractivity contribution is 6.36. The highest BCUT2D eigenvalue weighted by atomic mass is 35.5. The molecule has 1 fully saturated rings. The summed E-state index contributed by atoms with van der Waals surface area (Å²) in [5, 5.41) is 4.01. The number of benzene rings is 2. The highest BCUT2D eigenvalue weighted by Crippen LogP contribution is 2.70. The van der Waals surface area contributed by atoms with Gasteiger partial charge in [0.2, 0.25) is 5.91 Å². The van der Waals surface area contributed by atoms with Crippen molar-refractivity contribution in [2.24, 2.45) is 5.41 Å². The number of para-hydroxylation sites is 2. The van der Waals surface area contributed by atoms with Crippen molar-refractivity contribution in [3.05, 3.63) is 63.9 Å². The number of rotatable bonds is 2. The molecule has 2 atom stereocenters. The summed E-state index contributed by atoms with van der Waals surface area (Å²) in [6.45, 7) is 6.54. The number of halogens is 2. The molecule has 0 aliphatic heterocycles. The van der Waals surface area contributed by atoms with Gasteiger partial charge in [-0.2, -0.15) is 0 Å². The third-order valence-electron chi connectivity index (χ3n) is 7.51. The monoisotopic (exact) mass is 425 g/mol. The number of hydrogen-bond donors (Lipinski definition) is 1. The van der Waals surface area contributed by atoms with Gasteiger partial charge >= 0.3 is 0 Å². The molecule has 2 unspecified atom stereocenters. The Labute approximate surface area is 179 Å². The van der Waals surface area contributed by atoms with E-state index in [1.54, 1.807) is 18.2 Å². The lowest BCUT2D eigenvalue weighted by Gasteiger charge is -2.39. The number of amides is 1. The minimum absolute atomic E-state index is 0.0845. The standard InChI is InChI=1S/C23H21Cl2N3O/c1-21(2)22(3)10-11-23(21,20(29)28-15-9-8-13(24)12-14(15)25)19-18(22)26-16-6-4-5-7-17(16)27-19/h4-9,12H,10-11H2,1-3H3,(H,28,29). The second-order valence-electron chi connectivity index (χ2n) is 8.85. The van der Waals surface area contributed by atoms with Crippen molar-refractivity contribution in [2.45, 2.75) is 44.4 Å². The van der Waals surface area contributed by atoms with E-state index in [0.29, 0.717) is 15.7 Å². The highest BCUT2D eigenvalue weighted by Gasteiger charge is 2.73. The van der Waals surface area contributed by atoms with E-state index in [-0.39, 0.29) is 16.7 Å². The van der Waals surface area contributed by atoms with E-state index in [1.807, 2.05) is 24.3 Å². The number of anilines is 1. The van der Waals surface area contributed by atoms with Gasteiger partial charge in [0.05, 0.1) is 38.5 Å². The molecular weight excluding hydrogens is 405 g/mol. The summed E-state index contributed by atoms with van der Waals surface area (Å²) in [6, 6.07) is 12.9. The average Bonchev–Trinajstić information content (AvgIpc) is 2.98. The number of nitrogens with zero attached hydrogens (tertiary/aromatic N) is 2. The summed E-state index contributed by atoms with van der Waals surface area (Å²) < 4.78 is 0. The number of carbonyl (C=O) groups excluding carboxylic acids is 1. The summed E-state index contributed by atoms with van der Waals surface area (Å²) >= 11 is 12.3. The van der Waals surface area contributed by atoms with Gasteiger partial charge in [0, 0.05) is 10.4 Å². The van der Waals surface area contributed by atoms with E-state index >= 15 is 0 Å². The molecular formula is C23H21Cl2N3O. The number of nitrogens with one attached hydrogen (secondary N) is 1. The predicted octanol–water partition coefficient (Wildman–Crippen LogP) is 5.90. The number of hydrogen-bond acceptors (Lipinski definition) is 3. The van der Waals surface area contributed by atoms with Crippen LogP contribution in [0.3, 0.4) is 0 Å². The predicted molar refractivity (Wildman–Crippen MR) is 117 cm³/mol. The van der Waals surface area contributed by atoms with Crippen LogP contribution < -0.4 is 5.32 Å². The fourth-order valence-electron chi connectivity index (χ4n) is 5.37. The van der Waals surface area contributed by atoms with Gasteiger partial charge in [-0.15, -0.1) is 0 Å². The van der Waals surface area contributed by atoms with Crippen LogP contribution in [0.1, 0.15) is 45.0 Å². The van der Waals surface area contributed by atoms with Crippen LogP contribution in [-0.4, -0.2) is 15.9 Å². The molecule has 6 heteroatoms. The number of aromatic nitrogens is 2. The molecule has 2 aliphatic rings. The van der Waals surface area contributed by atoms with E-state index < -0.39 is 5.41 Å². The lowest BCUT2D eigenvalue weighted by atomic mass is 9.63. The molecule has 2 aromatic carbocycles. The molecule has 0 radical (unpaired) electrons. The fourth-order valence-corrected chi connectivity index (χ4v) is 5.83. The van der Waals surface area contributed by atoms with Crippen molar-refractivity contribution in [3.63, 3.8) is 0 Å². The minimum Gasteiger partial charge on any atom is -0.324 e. The van der Waals surface area contributed by atoms with Crippen molar-refractivity contribution in [1.82, 2.24) is 9.97 Å². The van der Waals surface area contributed by atoms with E-state index in [0.717, 1.165) is 35.3 Å². The molecule has 5 rings (SSSR count). The molecule has 0 spiro atoms. The molecule has 148 valence electrons. The zero-order valence-electron chi connectivity index (χ0n) is 16.5. The number of fused-ring (bicyclic) bond motifs is 6. The van der Waals surface area contributed by atoms with Crippen LogP contribution in [0.2, 0.25) is 10.0 Å². The van der Waals surface area contributed by atoms with E-state index in [4.69, 9.17) is 33.2 Å². The molecule has 1 heterocycles. The summed E-state index contributed by atoms with van der Waals surface area (Å²) in [7, 11) is 0. The first-order valence-electron chi connectivity index (χ1n) is 9.75. The van der Waals surface area contributed by atoms with Crippen molar-refractivity contribution >= 4 is 45.8 Å². The maximum atomic E-state index is 13.8. The summed E-state index contributed by atoms with van der Waals surface area (Å²) in [5.41, 5.74) is 2.66. The van der Waals surface area contributed by atoms with Gasteiger partial charge in [0.15, 0.2) is 0 Å². The third-order valence-corrected chi connectivity index (χ3v) is 8.06. The molecule has 3 aromatic rings.